The Balaban J connectivity index is 2.75. The molecule has 0 N–H and O–H groups in total. The van der Waals surface area contributed by atoms with E-state index in [1.807, 2.05) is 13.0 Å². The van der Waals surface area contributed by atoms with Crippen molar-refractivity contribution in [2.75, 3.05) is 0 Å². The number of hydrogen-bond donors (Lipinski definition) is 0. The van der Waals surface area contributed by atoms with Gasteiger partial charge < -0.3 is 0 Å². The summed E-state index contributed by atoms with van der Waals surface area (Å²) < 4.78 is 28.4. The number of benzene rings is 1. The number of aryl methyl sites for hydroxylation is 1. The number of hydrogen-bond acceptors (Lipinski definition) is 0. The van der Waals surface area contributed by atoms with Gasteiger partial charge >= 0.3 is 0 Å². The number of halogens is 2. The maximum Gasteiger partial charge on any atom is 0.133 e. The van der Waals surface area contributed by atoms with Crippen molar-refractivity contribution in [2.24, 2.45) is 5.92 Å². The molecule has 1 unspecified atom stereocenters. The molecular weight excluding hydrogens is 278 g/mol. The molecule has 1 aliphatic rings. The summed E-state index contributed by atoms with van der Waals surface area (Å²) in [6.45, 7) is 14.8. The van der Waals surface area contributed by atoms with Crippen molar-refractivity contribution in [3.63, 3.8) is 0 Å². The highest BCUT2D eigenvalue weighted by Crippen LogP contribution is 2.44. The fraction of sp³-hybridized carbons (Fsp3) is 0.300. The topological polar surface area (TPSA) is 0 Å². The zero-order valence-electron chi connectivity index (χ0n) is 13.3. The molecule has 0 aromatic heterocycles. The lowest BCUT2D eigenvalue weighted by atomic mass is 9.73. The van der Waals surface area contributed by atoms with Crippen LogP contribution in [0.4, 0.5) is 8.78 Å². The maximum atomic E-state index is 14.5. The van der Waals surface area contributed by atoms with E-state index in [2.05, 4.69) is 19.7 Å². The van der Waals surface area contributed by atoms with Crippen molar-refractivity contribution >= 4 is 12.2 Å². The second-order valence-electron chi connectivity index (χ2n) is 5.96. The highest BCUT2D eigenvalue weighted by atomic mass is 19.1. The molecule has 0 fully saturated rings. The molecule has 1 aliphatic carbocycles. The summed E-state index contributed by atoms with van der Waals surface area (Å²) in [5.41, 5.74) is 3.76. The summed E-state index contributed by atoms with van der Waals surface area (Å²) in [5.74, 6) is -1.21. The van der Waals surface area contributed by atoms with Gasteiger partial charge in [-0.05, 0) is 49.4 Å². The molecule has 0 bridgehead atoms. The van der Waals surface area contributed by atoms with Gasteiger partial charge in [0.25, 0.3) is 0 Å². The van der Waals surface area contributed by atoms with Gasteiger partial charge in [-0.2, -0.15) is 0 Å². The molecule has 0 spiro atoms. The van der Waals surface area contributed by atoms with E-state index in [9.17, 15) is 8.78 Å². The lowest BCUT2D eigenvalue weighted by Gasteiger charge is -2.31. The molecule has 0 saturated heterocycles. The van der Waals surface area contributed by atoms with E-state index >= 15 is 0 Å². The van der Waals surface area contributed by atoms with Crippen molar-refractivity contribution < 1.29 is 8.78 Å². The summed E-state index contributed by atoms with van der Waals surface area (Å²) in [6, 6.07) is 1.76. The number of rotatable bonds is 4. The van der Waals surface area contributed by atoms with Crippen molar-refractivity contribution in [1.82, 2.24) is 0 Å². The standard InChI is InChI=1S/C20H22F2/c1-6-15-11-13(4)20(22)16(7-2)19(15)18-10-12(3)8-9-17(18)14(5)21/h6-7,10-11,17-18H,1-2,5,8-9H2,3-4H3/t17-,18?/m0/s1. The van der Waals surface area contributed by atoms with E-state index < -0.39 is 0 Å². The van der Waals surface area contributed by atoms with Crippen molar-refractivity contribution in [1.29, 1.82) is 0 Å². The molecule has 1 aromatic carbocycles. The molecule has 1 aromatic rings. The van der Waals surface area contributed by atoms with Crippen LogP contribution in [0.3, 0.4) is 0 Å². The second kappa shape index (κ2) is 6.43. The van der Waals surface area contributed by atoms with E-state index in [0.717, 1.165) is 17.5 Å². The molecule has 2 atom stereocenters. The Morgan fingerprint density at radius 2 is 1.95 bits per heavy atom. The van der Waals surface area contributed by atoms with Gasteiger partial charge in [-0.15, -0.1) is 0 Å². The maximum absolute atomic E-state index is 14.5. The highest BCUT2D eigenvalue weighted by Gasteiger charge is 2.31. The van der Waals surface area contributed by atoms with Crippen molar-refractivity contribution in [3.8, 4) is 0 Å². The molecule has 0 saturated carbocycles. The van der Waals surface area contributed by atoms with Gasteiger partial charge in [0.2, 0.25) is 0 Å². The van der Waals surface area contributed by atoms with Crippen LogP contribution < -0.4 is 0 Å². The van der Waals surface area contributed by atoms with Gasteiger partial charge in [0.05, 0.1) is 5.83 Å². The summed E-state index contributed by atoms with van der Waals surface area (Å²) in [7, 11) is 0. The molecular formula is C20H22F2. The minimum absolute atomic E-state index is 0.234. The van der Waals surface area contributed by atoms with Crippen LogP contribution >= 0.6 is 0 Å². The van der Waals surface area contributed by atoms with E-state index in [-0.39, 0.29) is 23.5 Å². The Morgan fingerprint density at radius 1 is 1.27 bits per heavy atom. The lowest BCUT2D eigenvalue weighted by Crippen LogP contribution is -2.19. The van der Waals surface area contributed by atoms with Gasteiger partial charge in [0.15, 0.2) is 0 Å². The minimum Gasteiger partial charge on any atom is -0.212 e. The third-order valence-electron chi connectivity index (χ3n) is 4.46. The molecule has 2 heteroatoms. The summed E-state index contributed by atoms with van der Waals surface area (Å²) in [4.78, 5) is 0. The first-order valence-electron chi connectivity index (χ1n) is 7.50. The van der Waals surface area contributed by atoms with E-state index in [4.69, 9.17) is 0 Å². The zero-order chi connectivity index (χ0) is 16.4. The van der Waals surface area contributed by atoms with Crippen LogP contribution in [0.25, 0.3) is 12.2 Å². The van der Waals surface area contributed by atoms with Gasteiger partial charge in [-0.25, -0.2) is 8.78 Å². The van der Waals surface area contributed by atoms with Crippen LogP contribution in [0.5, 0.6) is 0 Å². The summed E-state index contributed by atoms with van der Waals surface area (Å²) in [6.07, 6.45) is 6.77. The highest BCUT2D eigenvalue weighted by molar-refractivity contribution is 5.66. The Morgan fingerprint density at radius 3 is 2.50 bits per heavy atom. The predicted octanol–water partition coefficient (Wildman–Crippen LogP) is 6.34. The van der Waals surface area contributed by atoms with Crippen LogP contribution in [-0.2, 0) is 0 Å². The van der Waals surface area contributed by atoms with Crippen LogP contribution in [0.1, 0.15) is 47.9 Å². The van der Waals surface area contributed by atoms with Gasteiger partial charge in [0.1, 0.15) is 5.82 Å². The van der Waals surface area contributed by atoms with E-state index in [1.54, 1.807) is 19.1 Å². The third kappa shape index (κ3) is 2.83. The molecule has 0 aliphatic heterocycles. The van der Waals surface area contributed by atoms with Crippen LogP contribution in [0.15, 0.2) is 43.3 Å². The Bertz CT molecular complexity index is 665. The lowest BCUT2D eigenvalue weighted by molar-refractivity contribution is 0.395. The SMILES string of the molecule is C=Cc1cc(C)c(F)c(C=C)c1C1C=C(C)CC[C@H]1C(=C)F. The van der Waals surface area contributed by atoms with Crippen molar-refractivity contribution in [3.05, 3.63) is 71.4 Å². The molecule has 0 heterocycles. The third-order valence-corrected chi connectivity index (χ3v) is 4.46. The molecule has 22 heavy (non-hydrogen) atoms. The Kier molecular flexibility index (Phi) is 4.80. The second-order valence-corrected chi connectivity index (χ2v) is 5.96. The minimum atomic E-state index is -0.347. The normalized spacial score (nSPS) is 21.2. The van der Waals surface area contributed by atoms with Crippen LogP contribution in [0, 0.1) is 18.7 Å². The van der Waals surface area contributed by atoms with Crippen LogP contribution in [0.2, 0.25) is 0 Å². The quantitative estimate of drug-likeness (QED) is 0.569. The smallest absolute Gasteiger partial charge is 0.133 e. The molecule has 2 rings (SSSR count). The predicted molar refractivity (Wildman–Crippen MR) is 90.8 cm³/mol. The fourth-order valence-electron chi connectivity index (χ4n) is 3.31. The molecule has 116 valence electrons. The summed E-state index contributed by atoms with van der Waals surface area (Å²) in [5, 5.41) is 0. The van der Waals surface area contributed by atoms with Crippen molar-refractivity contribution in [2.45, 2.75) is 32.6 Å². The number of allylic oxidation sites excluding steroid dienone is 3. The molecule has 0 radical (unpaired) electrons. The first-order valence-corrected chi connectivity index (χ1v) is 7.50. The van der Waals surface area contributed by atoms with Gasteiger partial charge in [-0.1, -0.05) is 43.5 Å². The first-order chi connectivity index (χ1) is 10.4. The average Bonchev–Trinajstić information content (AvgIpc) is 2.48. The van der Waals surface area contributed by atoms with Crippen LogP contribution in [-0.4, -0.2) is 0 Å². The Labute approximate surface area is 131 Å². The zero-order valence-corrected chi connectivity index (χ0v) is 13.3. The van der Waals surface area contributed by atoms with E-state index in [0.29, 0.717) is 17.5 Å². The largest absolute Gasteiger partial charge is 0.212 e. The Hall–Kier alpha value is -1.96. The first kappa shape index (κ1) is 16.4. The van der Waals surface area contributed by atoms with Gasteiger partial charge in [0, 0.05) is 17.4 Å². The monoisotopic (exact) mass is 300 g/mol. The fourth-order valence-corrected chi connectivity index (χ4v) is 3.31. The molecule has 0 amide bonds. The van der Waals surface area contributed by atoms with E-state index in [1.165, 1.54) is 11.6 Å². The summed E-state index contributed by atoms with van der Waals surface area (Å²) >= 11 is 0. The average molecular weight is 300 g/mol. The van der Waals surface area contributed by atoms with Gasteiger partial charge in [-0.3, -0.25) is 0 Å². The molecule has 0 nitrogen and oxygen atoms in total.